The van der Waals surface area contributed by atoms with Crippen LogP contribution in [0.2, 0.25) is 0 Å². The van der Waals surface area contributed by atoms with Crippen LogP contribution < -0.4 is 4.74 Å². The Bertz CT molecular complexity index is 626. The molecule has 22 heavy (non-hydrogen) atoms. The summed E-state index contributed by atoms with van der Waals surface area (Å²) >= 11 is 4.26. The number of methoxy groups -OCH3 is 1. The molecular weight excluding hydrogens is 411 g/mol. The van der Waals surface area contributed by atoms with E-state index in [-0.39, 0.29) is 5.54 Å². The first kappa shape index (κ1) is 15.1. The van der Waals surface area contributed by atoms with Crippen molar-refractivity contribution in [3.8, 4) is 5.75 Å². The van der Waals surface area contributed by atoms with Crippen LogP contribution in [0.15, 0.2) is 23.1 Å². The molecule has 3 aliphatic rings. The van der Waals surface area contributed by atoms with Crippen LogP contribution in [0.4, 0.5) is 0 Å². The fraction of sp³-hybridized carbons (Fsp3) is 0.562. The predicted molar refractivity (Wildman–Crippen MR) is 95.4 cm³/mol. The van der Waals surface area contributed by atoms with E-state index in [9.17, 15) is 4.79 Å². The van der Waals surface area contributed by atoms with E-state index in [1.54, 1.807) is 7.11 Å². The minimum Gasteiger partial charge on any atom is -0.497 e. The first-order chi connectivity index (χ1) is 10.6. The smallest absolute Gasteiger partial charge is 0.223 e. The molecule has 0 N–H and O–H groups in total. The second-order valence-electron chi connectivity index (χ2n) is 6.20. The minimum absolute atomic E-state index is 0.0934. The Hall–Kier alpha value is -0.470. The van der Waals surface area contributed by atoms with Gasteiger partial charge in [0.25, 0.3) is 0 Å². The molecule has 0 saturated carbocycles. The monoisotopic (exact) mass is 430 g/mol. The number of carbonyl (C=O) groups excluding carboxylic acids is 1. The van der Waals surface area contributed by atoms with Gasteiger partial charge >= 0.3 is 0 Å². The van der Waals surface area contributed by atoms with Crippen molar-refractivity contribution in [1.29, 1.82) is 0 Å². The van der Waals surface area contributed by atoms with Crippen LogP contribution in [0.3, 0.4) is 0 Å². The van der Waals surface area contributed by atoms with Gasteiger partial charge in [-0.15, -0.1) is 11.8 Å². The first-order valence-electron chi connectivity index (χ1n) is 7.67. The van der Waals surface area contributed by atoms with Crippen LogP contribution in [0, 0.1) is 5.92 Å². The zero-order valence-electron chi connectivity index (χ0n) is 12.5. The Morgan fingerprint density at radius 3 is 3.09 bits per heavy atom. The second kappa shape index (κ2) is 5.56. The van der Waals surface area contributed by atoms with Crippen LogP contribution in [0.5, 0.6) is 5.75 Å². The third-order valence-electron chi connectivity index (χ3n) is 5.26. The van der Waals surface area contributed by atoms with Crippen molar-refractivity contribution in [1.82, 2.24) is 8.01 Å². The van der Waals surface area contributed by atoms with Crippen molar-refractivity contribution < 1.29 is 9.53 Å². The molecule has 4 nitrogen and oxygen atoms in total. The van der Waals surface area contributed by atoms with Gasteiger partial charge in [-0.2, -0.15) is 0 Å². The third kappa shape index (κ3) is 2.10. The van der Waals surface area contributed by atoms with E-state index < -0.39 is 0 Å². The Labute approximate surface area is 149 Å². The molecule has 3 heterocycles. The molecule has 118 valence electrons. The number of halogens is 1. The van der Waals surface area contributed by atoms with Gasteiger partial charge < -0.3 is 9.64 Å². The van der Waals surface area contributed by atoms with E-state index in [4.69, 9.17) is 4.74 Å². The maximum Gasteiger partial charge on any atom is 0.223 e. The number of nitrogens with zero attached hydrogens (tertiary/aromatic N) is 2. The maximum atomic E-state index is 12.6. The molecule has 6 heteroatoms. The molecule has 2 saturated heterocycles. The van der Waals surface area contributed by atoms with E-state index in [1.807, 2.05) is 17.8 Å². The van der Waals surface area contributed by atoms with Gasteiger partial charge in [-0.1, -0.05) is 6.07 Å². The number of rotatable bonds is 1. The highest BCUT2D eigenvalue weighted by molar-refractivity contribution is 14.1. The zero-order chi connectivity index (χ0) is 15.3. The molecule has 2 fully saturated rings. The molecule has 1 spiro atoms. The fourth-order valence-electron chi connectivity index (χ4n) is 4.29. The molecule has 1 amide bonds. The Balaban J connectivity index is 1.88. The highest BCUT2D eigenvalue weighted by Gasteiger charge is 2.56. The molecule has 1 aromatic rings. The lowest BCUT2D eigenvalue weighted by atomic mass is 9.74. The quantitative estimate of drug-likeness (QED) is 0.507. The average molecular weight is 430 g/mol. The number of thioether (sulfide) groups is 1. The Morgan fingerprint density at radius 2 is 2.27 bits per heavy atom. The number of fused-ring (bicyclic) bond motifs is 1. The predicted octanol–water partition coefficient (Wildman–Crippen LogP) is 2.90. The van der Waals surface area contributed by atoms with Crippen molar-refractivity contribution in [3.05, 3.63) is 23.8 Å². The van der Waals surface area contributed by atoms with E-state index in [0.717, 1.165) is 37.6 Å². The van der Waals surface area contributed by atoms with Gasteiger partial charge in [0.05, 0.1) is 12.6 Å². The van der Waals surface area contributed by atoms with Crippen molar-refractivity contribution in [2.45, 2.75) is 23.3 Å². The lowest BCUT2D eigenvalue weighted by Gasteiger charge is -2.47. The van der Waals surface area contributed by atoms with Gasteiger partial charge in [0.15, 0.2) is 0 Å². The van der Waals surface area contributed by atoms with Gasteiger partial charge in [-0.3, -0.25) is 4.79 Å². The number of carbonyl (C=O) groups is 1. The van der Waals surface area contributed by atoms with E-state index in [1.165, 1.54) is 10.5 Å². The second-order valence-corrected chi connectivity index (χ2v) is 8.70. The van der Waals surface area contributed by atoms with Gasteiger partial charge in [0.1, 0.15) is 5.75 Å². The highest BCUT2D eigenvalue weighted by atomic mass is 127. The summed E-state index contributed by atoms with van der Waals surface area (Å²) in [6.07, 6.45) is 1.72. The topological polar surface area (TPSA) is 32.8 Å². The molecule has 2 atom stereocenters. The molecule has 0 radical (unpaired) electrons. The van der Waals surface area contributed by atoms with Gasteiger partial charge in [0, 0.05) is 65.5 Å². The third-order valence-corrected chi connectivity index (χ3v) is 7.17. The van der Waals surface area contributed by atoms with Crippen LogP contribution in [0.1, 0.15) is 18.4 Å². The molecular formula is C16H19IN2O2S. The van der Waals surface area contributed by atoms with E-state index in [2.05, 4.69) is 43.0 Å². The highest BCUT2D eigenvalue weighted by Crippen LogP contribution is 2.53. The van der Waals surface area contributed by atoms with Crippen molar-refractivity contribution >= 4 is 40.5 Å². The van der Waals surface area contributed by atoms with E-state index in [0.29, 0.717) is 18.2 Å². The molecule has 4 rings (SSSR count). The van der Waals surface area contributed by atoms with Crippen molar-refractivity contribution in [2.24, 2.45) is 5.92 Å². The largest absolute Gasteiger partial charge is 0.497 e. The van der Waals surface area contributed by atoms with Crippen molar-refractivity contribution in [3.63, 3.8) is 0 Å². The summed E-state index contributed by atoms with van der Waals surface area (Å²) in [5.41, 5.74) is 1.25. The van der Waals surface area contributed by atoms with Gasteiger partial charge in [-0.05, 0) is 24.1 Å². The van der Waals surface area contributed by atoms with Gasteiger partial charge in [0.2, 0.25) is 5.91 Å². The number of hydrogen-bond donors (Lipinski definition) is 0. The fourth-order valence-corrected chi connectivity index (χ4v) is 6.10. The lowest BCUT2D eigenvalue weighted by molar-refractivity contribution is -0.131. The summed E-state index contributed by atoms with van der Waals surface area (Å²) in [6, 6.07) is 6.40. The Kier molecular flexibility index (Phi) is 3.81. The molecule has 0 bridgehead atoms. The van der Waals surface area contributed by atoms with Crippen LogP contribution >= 0.6 is 34.6 Å². The molecule has 1 aromatic carbocycles. The van der Waals surface area contributed by atoms with Crippen LogP contribution in [-0.4, -0.2) is 46.4 Å². The number of piperidine rings is 1. The standard InChI is InChI=1S/C16H19IN2O2S/c1-21-12-2-3-13-14(9-12)22-7-6-19-15(20)8-11-10-18(17)5-4-16(11,13)19/h2-3,9,11H,4-8,10H2,1H3. The Morgan fingerprint density at radius 1 is 1.41 bits per heavy atom. The minimum atomic E-state index is -0.0934. The number of benzene rings is 1. The SMILES string of the molecule is COc1ccc2c(c1)SCCN1C(=O)CC3CN(I)CCC231. The first-order valence-corrected chi connectivity index (χ1v) is 9.62. The van der Waals surface area contributed by atoms with Crippen LogP contribution in [0.25, 0.3) is 0 Å². The summed E-state index contributed by atoms with van der Waals surface area (Å²) in [6.45, 7) is 2.90. The maximum absolute atomic E-state index is 12.6. The summed E-state index contributed by atoms with van der Waals surface area (Å²) in [5.74, 6) is 2.61. The summed E-state index contributed by atoms with van der Waals surface area (Å²) in [7, 11) is 1.71. The molecule has 0 aliphatic carbocycles. The number of ether oxygens (including phenoxy) is 1. The number of hydrogen-bond acceptors (Lipinski definition) is 4. The molecule has 0 aromatic heterocycles. The van der Waals surface area contributed by atoms with E-state index >= 15 is 0 Å². The lowest BCUT2D eigenvalue weighted by Crippen LogP contribution is -2.53. The summed E-state index contributed by atoms with van der Waals surface area (Å²) in [5, 5.41) is 0. The molecule has 3 aliphatic heterocycles. The van der Waals surface area contributed by atoms with Crippen molar-refractivity contribution in [2.75, 3.05) is 32.5 Å². The molecule has 2 unspecified atom stereocenters. The van der Waals surface area contributed by atoms with Gasteiger partial charge in [-0.25, -0.2) is 3.11 Å². The zero-order valence-corrected chi connectivity index (χ0v) is 15.5. The normalized spacial score (nSPS) is 31.3. The average Bonchev–Trinajstić information content (AvgIpc) is 2.69. The summed E-state index contributed by atoms with van der Waals surface area (Å²) in [4.78, 5) is 16.1. The van der Waals surface area contributed by atoms with Crippen LogP contribution in [-0.2, 0) is 10.3 Å². The summed E-state index contributed by atoms with van der Waals surface area (Å²) < 4.78 is 7.74. The number of amides is 1.